The maximum absolute atomic E-state index is 11.2. The van der Waals surface area contributed by atoms with E-state index in [4.69, 9.17) is 5.73 Å². The quantitative estimate of drug-likeness (QED) is 0.594. The minimum atomic E-state index is -0.169. The summed E-state index contributed by atoms with van der Waals surface area (Å²) in [5.74, 6) is -0.169. The number of nitrogens with two attached hydrogens (primary N) is 1. The molecule has 4 heteroatoms. The first-order valence-corrected chi connectivity index (χ1v) is 6.30. The van der Waals surface area contributed by atoms with Gasteiger partial charge in [0.15, 0.2) is 0 Å². The highest BCUT2D eigenvalue weighted by atomic mass is 16.5. The van der Waals surface area contributed by atoms with E-state index in [0.29, 0.717) is 13.0 Å². The van der Waals surface area contributed by atoms with Gasteiger partial charge in [0.25, 0.3) is 0 Å². The standard InChI is InChI=1S/C14H22N2O2/c1-3-9-16(10-8-14(17)18-2)11-12-6-4-5-7-13(12)15/h4-7H,3,8-11,15H2,1-2H3. The van der Waals surface area contributed by atoms with E-state index < -0.39 is 0 Å². The number of esters is 1. The minimum absolute atomic E-state index is 0.169. The topological polar surface area (TPSA) is 55.6 Å². The second-order valence-electron chi connectivity index (χ2n) is 4.30. The molecule has 1 aromatic carbocycles. The Morgan fingerprint density at radius 3 is 2.67 bits per heavy atom. The van der Waals surface area contributed by atoms with E-state index in [-0.39, 0.29) is 5.97 Å². The fourth-order valence-electron chi connectivity index (χ4n) is 1.86. The first-order valence-electron chi connectivity index (χ1n) is 6.30. The van der Waals surface area contributed by atoms with Crippen LogP contribution in [0.25, 0.3) is 0 Å². The number of anilines is 1. The molecule has 0 atom stereocenters. The largest absolute Gasteiger partial charge is 0.469 e. The molecule has 0 heterocycles. The minimum Gasteiger partial charge on any atom is -0.469 e. The van der Waals surface area contributed by atoms with Crippen molar-refractivity contribution in [2.45, 2.75) is 26.3 Å². The average molecular weight is 250 g/mol. The Bertz CT molecular complexity index is 380. The lowest BCUT2D eigenvalue weighted by Gasteiger charge is -2.21. The Balaban J connectivity index is 2.57. The van der Waals surface area contributed by atoms with E-state index in [9.17, 15) is 4.79 Å². The number of carbonyl (C=O) groups is 1. The van der Waals surface area contributed by atoms with Crippen LogP contribution in [0.1, 0.15) is 25.3 Å². The van der Waals surface area contributed by atoms with Crippen LogP contribution in [0.4, 0.5) is 5.69 Å². The van der Waals surface area contributed by atoms with E-state index in [1.54, 1.807) is 0 Å². The Kier molecular flexibility index (Phi) is 6.22. The highest BCUT2D eigenvalue weighted by molar-refractivity contribution is 5.69. The zero-order chi connectivity index (χ0) is 13.4. The molecule has 0 unspecified atom stereocenters. The van der Waals surface area contributed by atoms with E-state index in [2.05, 4.69) is 16.6 Å². The monoisotopic (exact) mass is 250 g/mol. The second-order valence-corrected chi connectivity index (χ2v) is 4.30. The molecule has 0 spiro atoms. The summed E-state index contributed by atoms with van der Waals surface area (Å²) in [6.07, 6.45) is 1.47. The molecule has 100 valence electrons. The third-order valence-electron chi connectivity index (χ3n) is 2.85. The van der Waals surface area contributed by atoms with Gasteiger partial charge in [-0.2, -0.15) is 0 Å². The smallest absolute Gasteiger partial charge is 0.306 e. The zero-order valence-corrected chi connectivity index (χ0v) is 11.2. The highest BCUT2D eigenvalue weighted by Crippen LogP contribution is 2.13. The Labute approximate surface area is 109 Å². The number of ether oxygens (including phenoxy) is 1. The molecule has 0 saturated heterocycles. The van der Waals surface area contributed by atoms with Crippen molar-refractivity contribution in [2.24, 2.45) is 0 Å². The number of rotatable bonds is 7. The van der Waals surface area contributed by atoms with Crippen LogP contribution < -0.4 is 5.73 Å². The van der Waals surface area contributed by atoms with Crippen LogP contribution in [0, 0.1) is 0 Å². The molecule has 2 N–H and O–H groups in total. The van der Waals surface area contributed by atoms with Gasteiger partial charge in [0.2, 0.25) is 0 Å². The summed E-state index contributed by atoms with van der Waals surface area (Å²) in [5, 5.41) is 0. The summed E-state index contributed by atoms with van der Waals surface area (Å²) in [7, 11) is 1.42. The number of hydrogen-bond donors (Lipinski definition) is 1. The molecule has 0 amide bonds. The van der Waals surface area contributed by atoms with Crippen LogP contribution in [0.3, 0.4) is 0 Å². The Morgan fingerprint density at radius 1 is 1.33 bits per heavy atom. The number of hydrogen-bond acceptors (Lipinski definition) is 4. The molecule has 0 aliphatic heterocycles. The van der Waals surface area contributed by atoms with Crippen molar-refractivity contribution >= 4 is 11.7 Å². The number of methoxy groups -OCH3 is 1. The first-order chi connectivity index (χ1) is 8.67. The van der Waals surface area contributed by atoms with Crippen molar-refractivity contribution in [3.05, 3.63) is 29.8 Å². The maximum Gasteiger partial charge on any atom is 0.306 e. The first kappa shape index (κ1) is 14.5. The predicted molar refractivity (Wildman–Crippen MR) is 73.1 cm³/mol. The van der Waals surface area contributed by atoms with Crippen LogP contribution in [-0.2, 0) is 16.1 Å². The van der Waals surface area contributed by atoms with Crippen molar-refractivity contribution in [3.63, 3.8) is 0 Å². The molecule has 0 fully saturated rings. The number of benzene rings is 1. The summed E-state index contributed by atoms with van der Waals surface area (Å²) in [5.41, 5.74) is 7.84. The fourth-order valence-corrected chi connectivity index (χ4v) is 1.86. The normalized spacial score (nSPS) is 10.6. The molecular formula is C14H22N2O2. The van der Waals surface area contributed by atoms with Crippen molar-refractivity contribution < 1.29 is 9.53 Å². The van der Waals surface area contributed by atoms with Crippen molar-refractivity contribution in [1.29, 1.82) is 0 Å². The van der Waals surface area contributed by atoms with Crippen molar-refractivity contribution in [1.82, 2.24) is 4.90 Å². The second kappa shape index (κ2) is 7.71. The fraction of sp³-hybridized carbons (Fsp3) is 0.500. The van der Waals surface area contributed by atoms with Gasteiger partial charge in [-0.3, -0.25) is 9.69 Å². The molecule has 0 aromatic heterocycles. The molecule has 0 bridgehead atoms. The average Bonchev–Trinajstić information content (AvgIpc) is 2.38. The highest BCUT2D eigenvalue weighted by Gasteiger charge is 2.09. The molecule has 1 aromatic rings. The molecule has 1 rings (SSSR count). The van der Waals surface area contributed by atoms with Gasteiger partial charge in [-0.15, -0.1) is 0 Å². The van der Waals surface area contributed by atoms with E-state index >= 15 is 0 Å². The van der Waals surface area contributed by atoms with E-state index in [1.807, 2.05) is 24.3 Å². The van der Waals surface area contributed by atoms with Gasteiger partial charge < -0.3 is 10.5 Å². The van der Waals surface area contributed by atoms with Crippen LogP contribution >= 0.6 is 0 Å². The third-order valence-corrected chi connectivity index (χ3v) is 2.85. The predicted octanol–water partition coefficient (Wildman–Crippen LogP) is 2.04. The van der Waals surface area contributed by atoms with Gasteiger partial charge in [-0.1, -0.05) is 25.1 Å². The summed E-state index contributed by atoms with van der Waals surface area (Å²) < 4.78 is 4.66. The van der Waals surface area contributed by atoms with Gasteiger partial charge in [0.05, 0.1) is 13.5 Å². The summed E-state index contributed by atoms with van der Waals surface area (Å²) in [6, 6.07) is 7.84. The summed E-state index contributed by atoms with van der Waals surface area (Å²) in [4.78, 5) is 13.4. The molecular weight excluding hydrogens is 228 g/mol. The molecule has 0 aliphatic rings. The zero-order valence-electron chi connectivity index (χ0n) is 11.2. The number of nitrogen functional groups attached to an aromatic ring is 1. The molecule has 18 heavy (non-hydrogen) atoms. The van der Waals surface area contributed by atoms with Crippen molar-refractivity contribution in [3.8, 4) is 0 Å². The van der Waals surface area contributed by atoms with E-state index in [1.165, 1.54) is 7.11 Å². The summed E-state index contributed by atoms with van der Waals surface area (Å²) >= 11 is 0. The molecule has 0 radical (unpaired) electrons. The third kappa shape index (κ3) is 4.75. The van der Waals surface area contributed by atoms with Gasteiger partial charge in [-0.05, 0) is 24.6 Å². The van der Waals surface area contributed by atoms with Crippen LogP contribution in [-0.4, -0.2) is 31.1 Å². The maximum atomic E-state index is 11.2. The molecule has 0 aliphatic carbocycles. The molecule has 0 saturated carbocycles. The number of carbonyl (C=O) groups excluding carboxylic acids is 1. The van der Waals surface area contributed by atoms with Gasteiger partial charge in [-0.25, -0.2) is 0 Å². The van der Waals surface area contributed by atoms with Crippen LogP contribution in [0.5, 0.6) is 0 Å². The number of nitrogens with zero attached hydrogens (tertiary/aromatic N) is 1. The van der Waals surface area contributed by atoms with Crippen LogP contribution in [0.2, 0.25) is 0 Å². The van der Waals surface area contributed by atoms with Crippen molar-refractivity contribution in [2.75, 3.05) is 25.9 Å². The lowest BCUT2D eigenvalue weighted by atomic mass is 10.1. The van der Waals surface area contributed by atoms with Crippen LogP contribution in [0.15, 0.2) is 24.3 Å². The van der Waals surface area contributed by atoms with E-state index in [0.717, 1.165) is 30.8 Å². The Hall–Kier alpha value is -1.55. The lowest BCUT2D eigenvalue weighted by molar-refractivity contribution is -0.141. The lowest BCUT2D eigenvalue weighted by Crippen LogP contribution is -2.27. The molecule has 4 nitrogen and oxygen atoms in total. The van der Waals surface area contributed by atoms with Gasteiger partial charge in [0.1, 0.15) is 0 Å². The summed E-state index contributed by atoms with van der Waals surface area (Å²) in [6.45, 7) is 4.55. The Morgan fingerprint density at radius 2 is 2.06 bits per heavy atom. The van der Waals surface area contributed by atoms with Gasteiger partial charge in [0, 0.05) is 18.8 Å². The van der Waals surface area contributed by atoms with Gasteiger partial charge >= 0.3 is 5.97 Å². The SMILES string of the molecule is CCCN(CCC(=O)OC)Cc1ccccc1N. The number of para-hydroxylation sites is 1.